The molecular formula is C15H31N. The maximum atomic E-state index is 3.39. The summed E-state index contributed by atoms with van der Waals surface area (Å²) < 4.78 is 0. The molecule has 96 valence electrons. The summed E-state index contributed by atoms with van der Waals surface area (Å²) in [5.41, 5.74) is 0. The van der Waals surface area contributed by atoms with Gasteiger partial charge in [0.15, 0.2) is 0 Å². The SMILES string of the molecule is CCCC1CCC(CNC)C(CC(C)C)C1. The third-order valence-corrected chi connectivity index (χ3v) is 4.19. The van der Waals surface area contributed by atoms with Crippen molar-refractivity contribution in [1.29, 1.82) is 0 Å². The maximum Gasteiger partial charge on any atom is -0.00209 e. The number of hydrogen-bond donors (Lipinski definition) is 1. The third-order valence-electron chi connectivity index (χ3n) is 4.19. The highest BCUT2D eigenvalue weighted by Crippen LogP contribution is 2.38. The minimum atomic E-state index is 0.865. The van der Waals surface area contributed by atoms with Crippen LogP contribution < -0.4 is 5.32 Å². The van der Waals surface area contributed by atoms with E-state index >= 15 is 0 Å². The maximum absolute atomic E-state index is 3.39. The van der Waals surface area contributed by atoms with E-state index in [4.69, 9.17) is 0 Å². The first-order valence-electron chi connectivity index (χ1n) is 7.31. The fourth-order valence-electron chi connectivity index (χ4n) is 3.52. The summed E-state index contributed by atoms with van der Waals surface area (Å²) in [6, 6.07) is 0. The molecule has 0 heterocycles. The predicted octanol–water partition coefficient (Wildman–Crippen LogP) is 4.08. The van der Waals surface area contributed by atoms with Gasteiger partial charge in [0.1, 0.15) is 0 Å². The fraction of sp³-hybridized carbons (Fsp3) is 1.00. The Balaban J connectivity index is 2.47. The van der Waals surface area contributed by atoms with Crippen molar-refractivity contribution >= 4 is 0 Å². The van der Waals surface area contributed by atoms with Crippen molar-refractivity contribution in [1.82, 2.24) is 5.32 Å². The average Bonchev–Trinajstić information content (AvgIpc) is 2.22. The Bertz CT molecular complexity index is 176. The van der Waals surface area contributed by atoms with Gasteiger partial charge >= 0.3 is 0 Å². The minimum Gasteiger partial charge on any atom is -0.319 e. The van der Waals surface area contributed by atoms with Crippen LogP contribution in [0.2, 0.25) is 0 Å². The van der Waals surface area contributed by atoms with Crippen LogP contribution in [0.3, 0.4) is 0 Å². The van der Waals surface area contributed by atoms with Crippen molar-refractivity contribution in [3.8, 4) is 0 Å². The van der Waals surface area contributed by atoms with Crippen LogP contribution in [0.25, 0.3) is 0 Å². The van der Waals surface area contributed by atoms with Crippen LogP contribution in [0.5, 0.6) is 0 Å². The van der Waals surface area contributed by atoms with Crippen LogP contribution in [-0.4, -0.2) is 13.6 Å². The zero-order valence-electron chi connectivity index (χ0n) is 11.8. The highest BCUT2D eigenvalue weighted by atomic mass is 14.8. The molecule has 1 saturated carbocycles. The van der Waals surface area contributed by atoms with Crippen LogP contribution in [0.4, 0.5) is 0 Å². The van der Waals surface area contributed by atoms with Crippen molar-refractivity contribution in [3.05, 3.63) is 0 Å². The summed E-state index contributed by atoms with van der Waals surface area (Å²) >= 11 is 0. The third kappa shape index (κ3) is 4.45. The van der Waals surface area contributed by atoms with E-state index in [0.717, 1.165) is 23.7 Å². The molecule has 0 aromatic rings. The van der Waals surface area contributed by atoms with E-state index in [1.807, 2.05) is 0 Å². The second kappa shape index (κ2) is 7.32. The van der Waals surface area contributed by atoms with Crippen LogP contribution in [-0.2, 0) is 0 Å². The lowest BCUT2D eigenvalue weighted by atomic mass is 9.70. The first kappa shape index (κ1) is 14.0. The normalized spacial score (nSPS) is 30.9. The lowest BCUT2D eigenvalue weighted by Crippen LogP contribution is -2.32. The standard InChI is InChI=1S/C15H31N/c1-5-6-13-7-8-14(11-16-4)15(10-13)9-12(2)3/h12-16H,5-11H2,1-4H3. The minimum absolute atomic E-state index is 0.865. The summed E-state index contributed by atoms with van der Waals surface area (Å²) in [6.45, 7) is 8.31. The number of rotatable bonds is 6. The van der Waals surface area contributed by atoms with E-state index in [1.54, 1.807) is 0 Å². The Morgan fingerprint density at radius 2 is 1.94 bits per heavy atom. The van der Waals surface area contributed by atoms with Crippen LogP contribution >= 0.6 is 0 Å². The average molecular weight is 225 g/mol. The molecule has 3 unspecified atom stereocenters. The Morgan fingerprint density at radius 1 is 1.19 bits per heavy atom. The molecule has 1 heteroatoms. The van der Waals surface area contributed by atoms with Crippen molar-refractivity contribution in [2.45, 2.75) is 59.3 Å². The van der Waals surface area contributed by atoms with Crippen molar-refractivity contribution in [3.63, 3.8) is 0 Å². The van der Waals surface area contributed by atoms with Crippen LogP contribution in [0.15, 0.2) is 0 Å². The van der Waals surface area contributed by atoms with Gasteiger partial charge < -0.3 is 5.32 Å². The monoisotopic (exact) mass is 225 g/mol. The quantitative estimate of drug-likeness (QED) is 0.718. The number of nitrogens with one attached hydrogen (secondary N) is 1. The molecule has 0 radical (unpaired) electrons. The van der Waals surface area contributed by atoms with Gasteiger partial charge in [-0.2, -0.15) is 0 Å². The first-order valence-corrected chi connectivity index (χ1v) is 7.31. The van der Waals surface area contributed by atoms with Crippen LogP contribution in [0.1, 0.15) is 59.3 Å². The highest BCUT2D eigenvalue weighted by Gasteiger charge is 2.29. The Labute approximate surface area is 102 Å². The summed E-state index contributed by atoms with van der Waals surface area (Å²) in [4.78, 5) is 0. The molecule has 1 fully saturated rings. The van der Waals surface area contributed by atoms with E-state index in [2.05, 4.69) is 33.1 Å². The molecule has 0 bridgehead atoms. The Kier molecular flexibility index (Phi) is 6.41. The van der Waals surface area contributed by atoms with Gasteiger partial charge in [-0.1, -0.05) is 40.0 Å². The molecule has 3 atom stereocenters. The molecule has 0 aliphatic heterocycles. The molecule has 1 rings (SSSR count). The number of hydrogen-bond acceptors (Lipinski definition) is 1. The summed E-state index contributed by atoms with van der Waals surface area (Å²) in [6.07, 6.45) is 8.71. The van der Waals surface area contributed by atoms with Gasteiger partial charge in [0.2, 0.25) is 0 Å². The largest absolute Gasteiger partial charge is 0.319 e. The lowest BCUT2D eigenvalue weighted by molar-refractivity contribution is 0.149. The summed E-state index contributed by atoms with van der Waals surface area (Å²) in [7, 11) is 2.10. The first-order chi connectivity index (χ1) is 7.67. The van der Waals surface area contributed by atoms with Gasteiger partial charge in [0.25, 0.3) is 0 Å². The van der Waals surface area contributed by atoms with E-state index in [-0.39, 0.29) is 0 Å². The van der Waals surface area contributed by atoms with Crippen molar-refractivity contribution in [2.75, 3.05) is 13.6 Å². The molecule has 0 aromatic heterocycles. The summed E-state index contributed by atoms with van der Waals surface area (Å²) in [5.74, 6) is 3.82. The fourth-order valence-corrected chi connectivity index (χ4v) is 3.52. The van der Waals surface area contributed by atoms with E-state index < -0.39 is 0 Å². The lowest BCUT2D eigenvalue weighted by Gasteiger charge is -2.37. The molecule has 0 spiro atoms. The topological polar surface area (TPSA) is 12.0 Å². The smallest absolute Gasteiger partial charge is 0.00209 e. The molecule has 1 aliphatic rings. The molecule has 0 saturated heterocycles. The van der Waals surface area contributed by atoms with Crippen molar-refractivity contribution < 1.29 is 0 Å². The molecule has 0 amide bonds. The second-order valence-electron chi connectivity index (χ2n) is 6.18. The van der Waals surface area contributed by atoms with E-state index in [1.165, 1.54) is 45.1 Å². The molecule has 1 N–H and O–H groups in total. The van der Waals surface area contributed by atoms with Gasteiger partial charge in [-0.25, -0.2) is 0 Å². The summed E-state index contributed by atoms with van der Waals surface area (Å²) in [5, 5.41) is 3.39. The molecular weight excluding hydrogens is 194 g/mol. The predicted molar refractivity (Wildman–Crippen MR) is 72.6 cm³/mol. The zero-order valence-corrected chi connectivity index (χ0v) is 11.8. The van der Waals surface area contributed by atoms with Gasteiger partial charge in [-0.3, -0.25) is 0 Å². The molecule has 16 heavy (non-hydrogen) atoms. The van der Waals surface area contributed by atoms with Gasteiger partial charge in [0.05, 0.1) is 0 Å². The van der Waals surface area contributed by atoms with Gasteiger partial charge in [-0.15, -0.1) is 0 Å². The zero-order chi connectivity index (χ0) is 12.0. The molecule has 0 aromatic carbocycles. The van der Waals surface area contributed by atoms with E-state index in [0.29, 0.717) is 0 Å². The highest BCUT2D eigenvalue weighted by molar-refractivity contribution is 4.81. The second-order valence-corrected chi connectivity index (χ2v) is 6.18. The van der Waals surface area contributed by atoms with Gasteiger partial charge in [-0.05, 0) is 56.5 Å². The van der Waals surface area contributed by atoms with Crippen molar-refractivity contribution in [2.24, 2.45) is 23.7 Å². The van der Waals surface area contributed by atoms with Gasteiger partial charge in [0, 0.05) is 0 Å². The Morgan fingerprint density at radius 3 is 2.50 bits per heavy atom. The molecule has 1 nitrogen and oxygen atoms in total. The molecule has 1 aliphatic carbocycles. The van der Waals surface area contributed by atoms with E-state index in [9.17, 15) is 0 Å². The van der Waals surface area contributed by atoms with Crippen LogP contribution in [0, 0.1) is 23.7 Å². The Hall–Kier alpha value is -0.0400.